The van der Waals surface area contributed by atoms with Crippen molar-refractivity contribution in [3.63, 3.8) is 0 Å². The van der Waals surface area contributed by atoms with Gasteiger partial charge in [-0.1, -0.05) is 0 Å². The van der Waals surface area contributed by atoms with Crippen LogP contribution in [0.2, 0.25) is 0 Å². The third-order valence-electron chi connectivity index (χ3n) is 0.497. The minimum absolute atomic E-state index is 0. The first kappa shape index (κ1) is 10.7. The third kappa shape index (κ3) is 9.21. The quantitative estimate of drug-likeness (QED) is 0.550. The molecule has 0 aliphatic rings. The molecule has 0 fully saturated rings. The standard InChI is InChI=1S/C4H9NO2.ClH/c1-3(6)2-4(5)7;/h3,6H,2H2,1H3,(H2,5,7);1H/t3-;/m0./s1. The zero-order valence-corrected chi connectivity index (χ0v) is 5.44. The molecular formula is C4H10ClNO2. The Labute approximate surface area is 54.3 Å². The summed E-state index contributed by atoms with van der Waals surface area (Å²) >= 11 is 0. The maximum absolute atomic E-state index is 9.87. The Bertz CT molecular complexity index is 74.4. The number of hydrogen-bond acceptors (Lipinski definition) is 2. The molecule has 0 saturated carbocycles. The number of nitrogens with two attached hydrogens (primary N) is 1. The van der Waals surface area contributed by atoms with Crippen LogP contribution in [0.1, 0.15) is 13.3 Å². The average Bonchev–Trinajstić information content (AvgIpc) is 1.27. The van der Waals surface area contributed by atoms with Gasteiger partial charge in [-0.05, 0) is 6.92 Å². The molecule has 0 aromatic heterocycles. The highest BCUT2D eigenvalue weighted by atomic mass is 35.5. The van der Waals surface area contributed by atoms with Crippen LogP contribution in [0.25, 0.3) is 0 Å². The van der Waals surface area contributed by atoms with Gasteiger partial charge in [-0.2, -0.15) is 0 Å². The second kappa shape index (κ2) is 4.87. The fraction of sp³-hybridized carbons (Fsp3) is 0.750. The number of carbonyl (C=O) groups is 1. The van der Waals surface area contributed by atoms with Crippen LogP contribution in [0, 0.1) is 0 Å². The molecule has 0 unspecified atom stereocenters. The van der Waals surface area contributed by atoms with E-state index in [0.717, 1.165) is 0 Å². The first-order chi connectivity index (χ1) is 3.13. The number of aliphatic hydroxyl groups is 1. The van der Waals surface area contributed by atoms with Gasteiger partial charge in [0.05, 0.1) is 12.5 Å². The van der Waals surface area contributed by atoms with Gasteiger partial charge in [0.15, 0.2) is 0 Å². The first-order valence-electron chi connectivity index (χ1n) is 2.09. The van der Waals surface area contributed by atoms with Crippen LogP contribution in [0.4, 0.5) is 0 Å². The number of primary amides is 1. The normalized spacial score (nSPS) is 11.8. The van der Waals surface area contributed by atoms with Crippen molar-refractivity contribution in [1.82, 2.24) is 0 Å². The highest BCUT2D eigenvalue weighted by molar-refractivity contribution is 5.85. The predicted molar refractivity (Wildman–Crippen MR) is 32.7 cm³/mol. The highest BCUT2D eigenvalue weighted by Gasteiger charge is 1.97. The average molecular weight is 140 g/mol. The number of amides is 1. The van der Waals surface area contributed by atoms with E-state index >= 15 is 0 Å². The van der Waals surface area contributed by atoms with E-state index in [4.69, 9.17) is 10.8 Å². The van der Waals surface area contributed by atoms with Crippen molar-refractivity contribution < 1.29 is 9.90 Å². The molecule has 0 aliphatic carbocycles. The lowest BCUT2D eigenvalue weighted by molar-refractivity contribution is -0.119. The number of rotatable bonds is 2. The van der Waals surface area contributed by atoms with E-state index in [2.05, 4.69) is 0 Å². The lowest BCUT2D eigenvalue weighted by atomic mass is 10.3. The summed E-state index contributed by atoms with van der Waals surface area (Å²) in [5, 5.41) is 8.42. The smallest absolute Gasteiger partial charge is 0.220 e. The monoisotopic (exact) mass is 139 g/mol. The zero-order chi connectivity index (χ0) is 5.86. The second-order valence-corrected chi connectivity index (χ2v) is 1.52. The molecule has 0 spiro atoms. The Morgan fingerprint density at radius 2 is 2.25 bits per heavy atom. The topological polar surface area (TPSA) is 63.3 Å². The second-order valence-electron chi connectivity index (χ2n) is 1.52. The molecule has 1 atom stereocenters. The molecule has 0 rings (SSSR count). The lowest BCUT2D eigenvalue weighted by Gasteiger charge is -1.95. The van der Waals surface area contributed by atoms with Crippen molar-refractivity contribution in [2.24, 2.45) is 5.73 Å². The number of hydrogen-bond donors (Lipinski definition) is 2. The van der Waals surface area contributed by atoms with Crippen LogP contribution in [0.5, 0.6) is 0 Å². The first-order valence-corrected chi connectivity index (χ1v) is 2.09. The largest absolute Gasteiger partial charge is 0.393 e. The van der Waals surface area contributed by atoms with Gasteiger partial charge in [-0.3, -0.25) is 4.79 Å². The molecule has 0 heterocycles. The van der Waals surface area contributed by atoms with Gasteiger partial charge in [0, 0.05) is 0 Å². The Balaban J connectivity index is 0. The van der Waals surface area contributed by atoms with Crippen molar-refractivity contribution >= 4 is 18.3 Å². The van der Waals surface area contributed by atoms with E-state index in [-0.39, 0.29) is 18.8 Å². The highest BCUT2D eigenvalue weighted by Crippen LogP contribution is 1.84. The summed E-state index contributed by atoms with van der Waals surface area (Å²) in [6.07, 6.45) is -0.544. The molecule has 8 heavy (non-hydrogen) atoms. The van der Waals surface area contributed by atoms with Crippen LogP contribution in [0.3, 0.4) is 0 Å². The molecule has 0 radical (unpaired) electrons. The van der Waals surface area contributed by atoms with Gasteiger partial charge in [-0.25, -0.2) is 0 Å². The number of carbonyl (C=O) groups excluding carboxylic acids is 1. The Morgan fingerprint density at radius 1 is 1.88 bits per heavy atom. The molecule has 3 N–H and O–H groups in total. The maximum Gasteiger partial charge on any atom is 0.220 e. The molecule has 50 valence electrons. The van der Waals surface area contributed by atoms with E-state index in [0.29, 0.717) is 0 Å². The molecule has 0 aromatic rings. The minimum Gasteiger partial charge on any atom is -0.393 e. The third-order valence-corrected chi connectivity index (χ3v) is 0.497. The van der Waals surface area contributed by atoms with Crippen LogP contribution < -0.4 is 5.73 Å². The Morgan fingerprint density at radius 3 is 2.25 bits per heavy atom. The van der Waals surface area contributed by atoms with E-state index in [9.17, 15) is 4.79 Å². The van der Waals surface area contributed by atoms with Crippen LogP contribution in [-0.4, -0.2) is 17.1 Å². The van der Waals surface area contributed by atoms with Crippen LogP contribution in [-0.2, 0) is 4.79 Å². The summed E-state index contributed by atoms with van der Waals surface area (Å²) in [7, 11) is 0. The van der Waals surface area contributed by atoms with Crippen molar-refractivity contribution in [2.75, 3.05) is 0 Å². The van der Waals surface area contributed by atoms with Crippen molar-refractivity contribution in [3.05, 3.63) is 0 Å². The lowest BCUT2D eigenvalue weighted by Crippen LogP contribution is -2.16. The number of halogens is 1. The Kier molecular flexibility index (Phi) is 6.48. The summed E-state index contributed by atoms with van der Waals surface area (Å²) in [6.45, 7) is 1.52. The zero-order valence-electron chi connectivity index (χ0n) is 4.63. The number of aliphatic hydroxyl groups excluding tert-OH is 1. The summed E-state index contributed by atoms with van der Waals surface area (Å²) in [5.41, 5.74) is 4.69. The van der Waals surface area contributed by atoms with Crippen molar-refractivity contribution in [2.45, 2.75) is 19.4 Å². The Hall–Kier alpha value is -0.280. The molecule has 0 bridgehead atoms. The van der Waals surface area contributed by atoms with Gasteiger partial charge in [0.2, 0.25) is 5.91 Å². The van der Waals surface area contributed by atoms with Crippen LogP contribution >= 0.6 is 12.4 Å². The molecule has 3 nitrogen and oxygen atoms in total. The summed E-state index contributed by atoms with van der Waals surface area (Å²) in [4.78, 5) is 9.87. The van der Waals surface area contributed by atoms with Gasteiger partial charge in [-0.15, -0.1) is 12.4 Å². The molecular weight excluding hydrogens is 130 g/mol. The SMILES string of the molecule is C[C@H](O)CC(N)=O.Cl. The molecule has 4 heteroatoms. The summed E-state index contributed by atoms with van der Waals surface area (Å²) < 4.78 is 0. The summed E-state index contributed by atoms with van der Waals surface area (Å²) in [5.74, 6) is -0.463. The minimum atomic E-state index is -0.600. The molecule has 1 amide bonds. The van der Waals surface area contributed by atoms with Gasteiger partial charge in [0.25, 0.3) is 0 Å². The van der Waals surface area contributed by atoms with E-state index < -0.39 is 12.0 Å². The fourth-order valence-corrected chi connectivity index (χ4v) is 0.291. The fourth-order valence-electron chi connectivity index (χ4n) is 0.291. The van der Waals surface area contributed by atoms with E-state index in [1.165, 1.54) is 6.92 Å². The van der Waals surface area contributed by atoms with Gasteiger partial charge >= 0.3 is 0 Å². The van der Waals surface area contributed by atoms with E-state index in [1.807, 2.05) is 0 Å². The predicted octanol–water partition coefficient (Wildman–Crippen LogP) is -0.336. The molecule has 0 aliphatic heterocycles. The molecule has 0 aromatic carbocycles. The summed E-state index contributed by atoms with van der Waals surface area (Å²) in [6, 6.07) is 0. The van der Waals surface area contributed by atoms with Crippen molar-refractivity contribution in [3.8, 4) is 0 Å². The maximum atomic E-state index is 9.87. The molecule has 0 saturated heterocycles. The van der Waals surface area contributed by atoms with Crippen molar-refractivity contribution in [1.29, 1.82) is 0 Å². The van der Waals surface area contributed by atoms with Crippen LogP contribution in [0.15, 0.2) is 0 Å². The van der Waals surface area contributed by atoms with Gasteiger partial charge in [0.1, 0.15) is 0 Å². The van der Waals surface area contributed by atoms with Gasteiger partial charge < -0.3 is 10.8 Å². The van der Waals surface area contributed by atoms with E-state index in [1.54, 1.807) is 0 Å².